The molecule has 4 nitrogen and oxygen atoms in total. The summed E-state index contributed by atoms with van der Waals surface area (Å²) in [6, 6.07) is 7.88. The highest BCUT2D eigenvalue weighted by Gasteiger charge is 2.18. The van der Waals surface area contributed by atoms with Gasteiger partial charge in [-0.1, -0.05) is 24.3 Å². The third-order valence-electron chi connectivity index (χ3n) is 3.16. The lowest BCUT2D eigenvalue weighted by atomic mass is 9.99. The van der Waals surface area contributed by atoms with Crippen molar-refractivity contribution in [2.45, 2.75) is 78.4 Å². The zero-order valence-corrected chi connectivity index (χ0v) is 15.8. The monoisotopic (exact) mass is 334 g/mol. The van der Waals surface area contributed by atoms with Crippen LogP contribution in [0.4, 0.5) is 0 Å². The van der Waals surface area contributed by atoms with E-state index in [0.29, 0.717) is 25.7 Å². The fourth-order valence-electron chi connectivity index (χ4n) is 2.30. The Morgan fingerprint density at radius 2 is 1.08 bits per heavy atom. The van der Waals surface area contributed by atoms with Gasteiger partial charge in [-0.05, 0) is 65.5 Å². The zero-order chi connectivity index (χ0) is 18.4. The maximum Gasteiger partial charge on any atom is 0.306 e. The van der Waals surface area contributed by atoms with Crippen LogP contribution in [0.3, 0.4) is 0 Å². The van der Waals surface area contributed by atoms with Crippen LogP contribution in [0.5, 0.6) is 0 Å². The maximum absolute atomic E-state index is 11.9. The van der Waals surface area contributed by atoms with E-state index in [1.807, 2.05) is 65.8 Å². The predicted octanol–water partition coefficient (Wildman–Crippen LogP) is 4.24. The molecular formula is C20H30O4. The molecule has 0 aliphatic heterocycles. The van der Waals surface area contributed by atoms with Crippen molar-refractivity contribution in [3.05, 3.63) is 35.4 Å². The summed E-state index contributed by atoms with van der Waals surface area (Å²) in [4.78, 5) is 23.7. The molecule has 0 fully saturated rings. The second-order valence-electron chi connectivity index (χ2n) is 7.94. The van der Waals surface area contributed by atoms with Gasteiger partial charge in [0.25, 0.3) is 0 Å². The Morgan fingerprint density at radius 3 is 1.38 bits per heavy atom. The number of esters is 2. The first-order chi connectivity index (χ1) is 11.0. The van der Waals surface area contributed by atoms with E-state index in [1.165, 1.54) is 0 Å². The van der Waals surface area contributed by atoms with Crippen molar-refractivity contribution >= 4 is 11.9 Å². The lowest BCUT2D eigenvalue weighted by Gasteiger charge is -2.20. The highest BCUT2D eigenvalue weighted by Crippen LogP contribution is 2.17. The van der Waals surface area contributed by atoms with Gasteiger partial charge < -0.3 is 9.47 Å². The SMILES string of the molecule is CC(C)(C)OC(=O)CCc1ccccc1CCC(=O)OC(C)(C)C. The molecular weight excluding hydrogens is 304 g/mol. The Kier molecular flexibility index (Phi) is 7.00. The molecule has 0 aliphatic carbocycles. The summed E-state index contributed by atoms with van der Waals surface area (Å²) in [6.45, 7) is 11.2. The van der Waals surface area contributed by atoms with Crippen LogP contribution in [-0.2, 0) is 31.9 Å². The van der Waals surface area contributed by atoms with E-state index in [1.54, 1.807) is 0 Å². The average molecular weight is 334 g/mol. The van der Waals surface area contributed by atoms with Gasteiger partial charge in [-0.3, -0.25) is 9.59 Å². The van der Waals surface area contributed by atoms with Crippen LogP contribution in [0.25, 0.3) is 0 Å². The summed E-state index contributed by atoms with van der Waals surface area (Å²) >= 11 is 0. The molecule has 1 aromatic carbocycles. The van der Waals surface area contributed by atoms with Crippen LogP contribution >= 0.6 is 0 Å². The maximum atomic E-state index is 11.9. The molecule has 0 radical (unpaired) electrons. The molecule has 1 rings (SSSR count). The van der Waals surface area contributed by atoms with Crippen molar-refractivity contribution < 1.29 is 19.1 Å². The summed E-state index contributed by atoms with van der Waals surface area (Å²) in [5, 5.41) is 0. The van der Waals surface area contributed by atoms with E-state index in [-0.39, 0.29) is 11.9 Å². The second-order valence-corrected chi connectivity index (χ2v) is 7.94. The second kappa shape index (κ2) is 8.32. The van der Waals surface area contributed by atoms with Gasteiger partial charge in [0.2, 0.25) is 0 Å². The highest BCUT2D eigenvalue weighted by atomic mass is 16.6. The molecule has 0 heterocycles. The molecule has 0 N–H and O–H groups in total. The molecule has 24 heavy (non-hydrogen) atoms. The Labute approximate surface area is 145 Å². The smallest absolute Gasteiger partial charge is 0.306 e. The number of aryl methyl sites for hydroxylation is 2. The number of rotatable bonds is 6. The van der Waals surface area contributed by atoms with Crippen LogP contribution < -0.4 is 0 Å². The molecule has 0 amide bonds. The molecule has 0 unspecified atom stereocenters. The van der Waals surface area contributed by atoms with Gasteiger partial charge in [0.1, 0.15) is 11.2 Å². The highest BCUT2D eigenvalue weighted by molar-refractivity contribution is 5.71. The Bertz CT molecular complexity index is 511. The summed E-state index contributed by atoms with van der Waals surface area (Å²) in [5.74, 6) is -0.408. The van der Waals surface area contributed by atoms with Gasteiger partial charge in [0, 0.05) is 12.8 Å². The first-order valence-corrected chi connectivity index (χ1v) is 8.47. The number of hydrogen-bond acceptors (Lipinski definition) is 4. The fourth-order valence-corrected chi connectivity index (χ4v) is 2.30. The molecule has 134 valence electrons. The van der Waals surface area contributed by atoms with Crippen molar-refractivity contribution in [2.75, 3.05) is 0 Å². The summed E-state index contributed by atoms with van der Waals surface area (Å²) in [6.07, 6.45) is 1.89. The van der Waals surface area contributed by atoms with Crippen LogP contribution in [0.1, 0.15) is 65.5 Å². The van der Waals surface area contributed by atoms with Crippen LogP contribution in [0, 0.1) is 0 Å². The Hall–Kier alpha value is -1.84. The van der Waals surface area contributed by atoms with E-state index < -0.39 is 11.2 Å². The molecule has 0 atom stereocenters. The minimum Gasteiger partial charge on any atom is -0.460 e. The molecule has 0 bridgehead atoms. The van der Waals surface area contributed by atoms with E-state index >= 15 is 0 Å². The number of ether oxygens (including phenoxy) is 2. The molecule has 0 saturated heterocycles. The topological polar surface area (TPSA) is 52.6 Å². The third-order valence-corrected chi connectivity index (χ3v) is 3.16. The van der Waals surface area contributed by atoms with Crippen LogP contribution in [0.15, 0.2) is 24.3 Å². The minimum atomic E-state index is -0.465. The Morgan fingerprint density at radius 1 is 0.750 bits per heavy atom. The van der Waals surface area contributed by atoms with E-state index in [9.17, 15) is 9.59 Å². The fraction of sp³-hybridized carbons (Fsp3) is 0.600. The summed E-state index contributed by atoms with van der Waals surface area (Å²) in [7, 11) is 0. The molecule has 0 saturated carbocycles. The Balaban J connectivity index is 2.59. The number of hydrogen-bond donors (Lipinski definition) is 0. The third kappa shape index (κ3) is 8.70. The normalized spacial score (nSPS) is 11.9. The van der Waals surface area contributed by atoms with Crippen molar-refractivity contribution in [1.82, 2.24) is 0 Å². The summed E-state index contributed by atoms with van der Waals surface area (Å²) < 4.78 is 10.7. The number of carbonyl (C=O) groups is 2. The van der Waals surface area contributed by atoms with E-state index in [4.69, 9.17) is 9.47 Å². The number of benzene rings is 1. The predicted molar refractivity (Wildman–Crippen MR) is 94.8 cm³/mol. The largest absolute Gasteiger partial charge is 0.460 e. The first kappa shape index (κ1) is 20.2. The molecule has 0 aromatic heterocycles. The van der Waals surface area contributed by atoms with E-state index in [2.05, 4.69) is 0 Å². The molecule has 1 aromatic rings. The van der Waals surface area contributed by atoms with Crippen molar-refractivity contribution in [3.8, 4) is 0 Å². The minimum absolute atomic E-state index is 0.204. The average Bonchev–Trinajstić information content (AvgIpc) is 2.40. The molecule has 4 heteroatoms. The van der Waals surface area contributed by atoms with Gasteiger partial charge >= 0.3 is 11.9 Å². The summed E-state index contributed by atoms with van der Waals surface area (Å²) in [5.41, 5.74) is 1.22. The zero-order valence-electron chi connectivity index (χ0n) is 15.8. The first-order valence-electron chi connectivity index (χ1n) is 8.47. The quantitative estimate of drug-likeness (QED) is 0.730. The van der Waals surface area contributed by atoms with Gasteiger partial charge in [-0.15, -0.1) is 0 Å². The van der Waals surface area contributed by atoms with Crippen molar-refractivity contribution in [1.29, 1.82) is 0 Å². The van der Waals surface area contributed by atoms with Gasteiger partial charge in [0.15, 0.2) is 0 Å². The molecule has 0 spiro atoms. The molecule has 0 aliphatic rings. The lowest BCUT2D eigenvalue weighted by molar-refractivity contribution is -0.156. The standard InChI is InChI=1S/C20H30O4/c1-19(2,3)23-17(21)13-11-15-9-7-8-10-16(15)12-14-18(22)24-20(4,5)6/h7-10H,11-14H2,1-6H3. The van der Waals surface area contributed by atoms with Crippen molar-refractivity contribution in [3.63, 3.8) is 0 Å². The van der Waals surface area contributed by atoms with E-state index in [0.717, 1.165) is 11.1 Å². The van der Waals surface area contributed by atoms with Crippen molar-refractivity contribution in [2.24, 2.45) is 0 Å². The van der Waals surface area contributed by atoms with Crippen LogP contribution in [0.2, 0.25) is 0 Å². The van der Waals surface area contributed by atoms with Gasteiger partial charge in [-0.2, -0.15) is 0 Å². The lowest BCUT2D eigenvalue weighted by Crippen LogP contribution is -2.24. The van der Waals surface area contributed by atoms with Crippen LogP contribution in [-0.4, -0.2) is 23.1 Å². The van der Waals surface area contributed by atoms with Gasteiger partial charge in [-0.25, -0.2) is 0 Å². The van der Waals surface area contributed by atoms with Gasteiger partial charge in [0.05, 0.1) is 0 Å². The number of carbonyl (C=O) groups excluding carboxylic acids is 2.